The van der Waals surface area contributed by atoms with E-state index in [1.165, 1.54) is 39.5 Å². The minimum Gasteiger partial charge on any atom is -0.507 e. The number of carbonyl (C=O) groups excluding carboxylic acids is 2. The third kappa shape index (κ3) is 2.52. The zero-order valence-corrected chi connectivity index (χ0v) is 14.0. The van der Waals surface area contributed by atoms with Crippen LogP contribution in [0.15, 0.2) is 42.2 Å². The summed E-state index contributed by atoms with van der Waals surface area (Å²) in [5.74, 6) is -0.371. The Hall–Kier alpha value is -3.28. The number of aromatic hydroxyl groups is 1. The number of ketones is 2. The minimum atomic E-state index is -0.489. The molecule has 1 N–H and O–H groups in total. The summed E-state index contributed by atoms with van der Waals surface area (Å²) in [5.41, 5.74) is 0.591. The summed E-state index contributed by atoms with van der Waals surface area (Å²) in [6, 6.07) is 9.21. The molecule has 1 aliphatic carbocycles. The third-order valence-corrected chi connectivity index (χ3v) is 4.05. The number of allylic oxidation sites excluding steroid dienone is 2. The second-order valence-electron chi connectivity index (χ2n) is 5.34. The van der Waals surface area contributed by atoms with Crippen LogP contribution in [0.1, 0.15) is 26.3 Å². The molecule has 0 unspecified atom stereocenters. The molecule has 0 saturated heterocycles. The lowest BCUT2D eigenvalue weighted by atomic mass is 9.84. The molecule has 0 aliphatic heterocycles. The fraction of sp³-hybridized carbons (Fsp3) is 0.158. The summed E-state index contributed by atoms with van der Waals surface area (Å²) in [4.78, 5) is 25.7. The van der Waals surface area contributed by atoms with Crippen molar-refractivity contribution in [2.75, 3.05) is 21.3 Å². The number of hydrogen-bond acceptors (Lipinski definition) is 6. The Balaban J connectivity index is 2.25. The standard InChI is InChI=1S/C19H16O6/c1-23-13-8-7-10(9-14(13)24-2)15-18(22)16-11(5-4-6-12(16)20)17(21)19(15)25-3/h4-9,20H,1-3H3. The highest BCUT2D eigenvalue weighted by Crippen LogP contribution is 2.39. The summed E-state index contributed by atoms with van der Waals surface area (Å²) in [6.45, 7) is 0. The molecule has 0 radical (unpaired) electrons. The van der Waals surface area contributed by atoms with Gasteiger partial charge in [-0.25, -0.2) is 0 Å². The first-order chi connectivity index (χ1) is 12.0. The molecule has 0 fully saturated rings. The van der Waals surface area contributed by atoms with E-state index in [4.69, 9.17) is 14.2 Å². The average molecular weight is 340 g/mol. The average Bonchev–Trinajstić information content (AvgIpc) is 2.63. The van der Waals surface area contributed by atoms with E-state index in [1.54, 1.807) is 18.2 Å². The van der Waals surface area contributed by atoms with E-state index in [-0.39, 0.29) is 28.2 Å². The van der Waals surface area contributed by atoms with Gasteiger partial charge in [0.15, 0.2) is 17.3 Å². The molecule has 0 spiro atoms. The monoisotopic (exact) mass is 340 g/mol. The van der Waals surface area contributed by atoms with Gasteiger partial charge >= 0.3 is 0 Å². The summed E-state index contributed by atoms with van der Waals surface area (Å²) in [6.07, 6.45) is 0. The number of hydrogen-bond donors (Lipinski definition) is 1. The highest BCUT2D eigenvalue weighted by atomic mass is 16.5. The fourth-order valence-electron chi connectivity index (χ4n) is 2.88. The van der Waals surface area contributed by atoms with E-state index in [1.807, 2.05) is 0 Å². The molecule has 6 nitrogen and oxygen atoms in total. The van der Waals surface area contributed by atoms with Gasteiger partial charge in [0, 0.05) is 5.56 Å². The van der Waals surface area contributed by atoms with Crippen molar-refractivity contribution >= 4 is 17.1 Å². The maximum Gasteiger partial charge on any atom is 0.229 e. The van der Waals surface area contributed by atoms with Gasteiger partial charge < -0.3 is 19.3 Å². The van der Waals surface area contributed by atoms with Crippen molar-refractivity contribution in [3.63, 3.8) is 0 Å². The lowest BCUT2D eigenvalue weighted by molar-refractivity contribution is 0.0923. The van der Waals surface area contributed by atoms with Crippen molar-refractivity contribution in [1.29, 1.82) is 0 Å². The lowest BCUT2D eigenvalue weighted by Crippen LogP contribution is -2.22. The van der Waals surface area contributed by atoms with Gasteiger partial charge in [-0.2, -0.15) is 0 Å². The first-order valence-electron chi connectivity index (χ1n) is 7.45. The van der Waals surface area contributed by atoms with Crippen LogP contribution in [0.2, 0.25) is 0 Å². The van der Waals surface area contributed by atoms with Gasteiger partial charge in [0.1, 0.15) is 5.75 Å². The predicted molar refractivity (Wildman–Crippen MR) is 90.2 cm³/mol. The van der Waals surface area contributed by atoms with Crippen LogP contribution < -0.4 is 9.47 Å². The molecule has 25 heavy (non-hydrogen) atoms. The summed E-state index contributed by atoms with van der Waals surface area (Å²) >= 11 is 0. The maximum absolute atomic E-state index is 13.0. The third-order valence-electron chi connectivity index (χ3n) is 4.05. The first-order valence-corrected chi connectivity index (χ1v) is 7.45. The number of fused-ring (bicyclic) bond motifs is 1. The van der Waals surface area contributed by atoms with Gasteiger partial charge in [-0.05, 0) is 29.8 Å². The Labute approximate surface area is 144 Å². The molecule has 0 saturated carbocycles. The molecule has 2 aromatic rings. The number of benzene rings is 2. The van der Waals surface area contributed by atoms with E-state index in [2.05, 4.69) is 0 Å². The molecule has 3 rings (SSSR count). The van der Waals surface area contributed by atoms with Gasteiger partial charge in [0.05, 0.1) is 32.5 Å². The number of rotatable bonds is 4. The number of phenolic OH excluding ortho intramolecular Hbond substituents is 1. The van der Waals surface area contributed by atoms with Crippen LogP contribution >= 0.6 is 0 Å². The van der Waals surface area contributed by atoms with Crippen LogP contribution in [-0.2, 0) is 4.74 Å². The van der Waals surface area contributed by atoms with Crippen molar-refractivity contribution in [1.82, 2.24) is 0 Å². The van der Waals surface area contributed by atoms with Gasteiger partial charge in [0.25, 0.3) is 0 Å². The maximum atomic E-state index is 13.0. The molecule has 0 bridgehead atoms. The largest absolute Gasteiger partial charge is 0.507 e. The molecule has 1 aliphatic rings. The SMILES string of the molecule is COC1=C(c2ccc(OC)c(OC)c2)C(=O)c2c(O)cccc2C1=O. The number of methoxy groups -OCH3 is 3. The minimum absolute atomic E-state index is 0.0296. The van der Waals surface area contributed by atoms with Crippen molar-refractivity contribution in [3.8, 4) is 17.2 Å². The molecule has 6 heteroatoms. The Morgan fingerprint density at radius 2 is 1.56 bits per heavy atom. The second kappa shape index (κ2) is 6.32. The van der Waals surface area contributed by atoms with Crippen molar-refractivity contribution in [2.24, 2.45) is 0 Å². The van der Waals surface area contributed by atoms with E-state index < -0.39 is 11.6 Å². The molecule has 2 aromatic carbocycles. The van der Waals surface area contributed by atoms with Crippen LogP contribution in [0, 0.1) is 0 Å². The number of carbonyl (C=O) groups is 2. The second-order valence-corrected chi connectivity index (χ2v) is 5.34. The van der Waals surface area contributed by atoms with E-state index >= 15 is 0 Å². The topological polar surface area (TPSA) is 82.1 Å². The molecular formula is C19H16O6. The van der Waals surface area contributed by atoms with Crippen LogP contribution in [0.25, 0.3) is 5.57 Å². The summed E-state index contributed by atoms with van der Waals surface area (Å²) < 4.78 is 15.7. The number of phenols is 1. The summed E-state index contributed by atoms with van der Waals surface area (Å²) in [5, 5.41) is 10.1. The fourth-order valence-corrected chi connectivity index (χ4v) is 2.88. The van der Waals surface area contributed by atoms with Gasteiger partial charge in [-0.15, -0.1) is 0 Å². The van der Waals surface area contributed by atoms with Gasteiger partial charge in [0.2, 0.25) is 11.6 Å². The molecule has 0 atom stereocenters. The Kier molecular flexibility index (Phi) is 4.19. The molecule has 128 valence electrons. The highest BCUT2D eigenvalue weighted by molar-refractivity contribution is 6.40. The zero-order chi connectivity index (χ0) is 18.1. The van der Waals surface area contributed by atoms with Crippen LogP contribution in [0.3, 0.4) is 0 Å². The van der Waals surface area contributed by atoms with Crippen molar-refractivity contribution < 1.29 is 28.9 Å². The van der Waals surface area contributed by atoms with Crippen LogP contribution in [-0.4, -0.2) is 38.0 Å². The smallest absolute Gasteiger partial charge is 0.229 e. The molecule has 0 amide bonds. The van der Waals surface area contributed by atoms with Gasteiger partial charge in [-0.1, -0.05) is 12.1 Å². The summed E-state index contributed by atoms with van der Waals surface area (Å²) in [7, 11) is 4.30. The Bertz CT molecular complexity index is 910. The number of ether oxygens (including phenoxy) is 3. The van der Waals surface area contributed by atoms with Crippen LogP contribution in [0.4, 0.5) is 0 Å². The number of Topliss-reactive ketones (excluding diaryl/α,β-unsaturated/α-hetero) is 2. The van der Waals surface area contributed by atoms with Crippen LogP contribution in [0.5, 0.6) is 17.2 Å². The normalized spacial score (nSPS) is 13.6. The Morgan fingerprint density at radius 1 is 0.840 bits per heavy atom. The highest BCUT2D eigenvalue weighted by Gasteiger charge is 2.36. The lowest BCUT2D eigenvalue weighted by Gasteiger charge is -2.21. The quantitative estimate of drug-likeness (QED) is 0.922. The molecule has 0 heterocycles. The predicted octanol–water partition coefficient (Wildman–Crippen LogP) is 2.85. The zero-order valence-electron chi connectivity index (χ0n) is 14.0. The van der Waals surface area contributed by atoms with Gasteiger partial charge in [-0.3, -0.25) is 9.59 Å². The van der Waals surface area contributed by atoms with E-state index in [9.17, 15) is 14.7 Å². The van der Waals surface area contributed by atoms with Crippen molar-refractivity contribution in [3.05, 3.63) is 58.8 Å². The Morgan fingerprint density at radius 3 is 2.20 bits per heavy atom. The molecular weight excluding hydrogens is 324 g/mol. The van der Waals surface area contributed by atoms with E-state index in [0.29, 0.717) is 17.1 Å². The van der Waals surface area contributed by atoms with E-state index in [0.717, 1.165) is 0 Å². The van der Waals surface area contributed by atoms with Crippen molar-refractivity contribution in [2.45, 2.75) is 0 Å². The molecule has 0 aromatic heterocycles. The first kappa shape index (κ1) is 16.6.